The van der Waals surface area contributed by atoms with Crippen LogP contribution in [0.4, 0.5) is 4.79 Å². The Labute approximate surface area is 108 Å². The van der Waals surface area contributed by atoms with Gasteiger partial charge in [0.15, 0.2) is 0 Å². The summed E-state index contributed by atoms with van der Waals surface area (Å²) in [6, 6.07) is 0. The van der Waals surface area contributed by atoms with Gasteiger partial charge in [0.1, 0.15) is 11.5 Å². The Balaban J connectivity index is 3.40. The van der Waals surface area contributed by atoms with Gasteiger partial charge in [0.25, 0.3) is 0 Å². The summed E-state index contributed by atoms with van der Waals surface area (Å²) in [5.41, 5.74) is 3.13. The molecule has 0 heterocycles. The van der Waals surface area contributed by atoms with E-state index in [4.69, 9.17) is 4.74 Å². The van der Waals surface area contributed by atoms with E-state index in [2.05, 4.69) is 4.74 Å². The first-order valence-corrected chi connectivity index (χ1v) is 6.01. The fourth-order valence-electron chi connectivity index (χ4n) is 1.98. The molecule has 0 aliphatic heterocycles. The molecule has 1 aromatic carbocycles. The van der Waals surface area contributed by atoms with Crippen molar-refractivity contribution in [2.45, 2.75) is 40.5 Å². The van der Waals surface area contributed by atoms with Crippen molar-refractivity contribution < 1.29 is 19.4 Å². The molecule has 1 rings (SSSR count). The number of ether oxygens (including phenoxy) is 2. The van der Waals surface area contributed by atoms with E-state index in [1.807, 2.05) is 20.8 Å². The Hall–Kier alpha value is -1.71. The zero-order valence-corrected chi connectivity index (χ0v) is 11.6. The molecule has 0 aliphatic carbocycles. The molecule has 0 aromatic heterocycles. The highest BCUT2D eigenvalue weighted by Gasteiger charge is 2.19. The third kappa shape index (κ3) is 2.58. The van der Waals surface area contributed by atoms with Crippen LogP contribution in [-0.2, 0) is 11.2 Å². The second kappa shape index (κ2) is 5.76. The van der Waals surface area contributed by atoms with E-state index >= 15 is 0 Å². The highest BCUT2D eigenvalue weighted by Crippen LogP contribution is 2.37. The van der Waals surface area contributed by atoms with Gasteiger partial charge in [-0.15, -0.1) is 0 Å². The Morgan fingerprint density at radius 3 is 2.28 bits per heavy atom. The molecule has 18 heavy (non-hydrogen) atoms. The summed E-state index contributed by atoms with van der Waals surface area (Å²) in [5, 5.41) is 10.0. The van der Waals surface area contributed by atoms with Crippen LogP contribution in [0.25, 0.3) is 0 Å². The smallest absolute Gasteiger partial charge is 0.507 e. The quantitative estimate of drug-likeness (QED) is 0.661. The minimum atomic E-state index is -0.736. The predicted octanol–water partition coefficient (Wildman–Crippen LogP) is 3.42. The molecule has 1 aromatic rings. The topological polar surface area (TPSA) is 55.8 Å². The predicted molar refractivity (Wildman–Crippen MR) is 69.3 cm³/mol. The average Bonchev–Trinajstić information content (AvgIpc) is 2.37. The second-order valence-corrected chi connectivity index (χ2v) is 4.34. The van der Waals surface area contributed by atoms with Gasteiger partial charge in [-0.3, -0.25) is 0 Å². The van der Waals surface area contributed by atoms with Crippen molar-refractivity contribution in [1.29, 1.82) is 0 Å². The molecule has 0 fully saturated rings. The van der Waals surface area contributed by atoms with Gasteiger partial charge in [-0.25, -0.2) is 4.79 Å². The van der Waals surface area contributed by atoms with Gasteiger partial charge in [-0.1, -0.05) is 13.3 Å². The molecule has 0 aliphatic rings. The fourth-order valence-corrected chi connectivity index (χ4v) is 1.98. The minimum Gasteiger partial charge on any atom is -0.507 e. The van der Waals surface area contributed by atoms with E-state index in [1.165, 1.54) is 7.11 Å². The molecular formula is C14H20O4. The highest BCUT2D eigenvalue weighted by atomic mass is 16.7. The number of benzene rings is 1. The molecule has 0 saturated heterocycles. The number of rotatable bonds is 3. The summed E-state index contributed by atoms with van der Waals surface area (Å²) in [7, 11) is 1.28. The van der Waals surface area contributed by atoms with Gasteiger partial charge in [-0.05, 0) is 43.9 Å². The number of hydrogen-bond donors (Lipinski definition) is 1. The Morgan fingerprint density at radius 2 is 1.78 bits per heavy atom. The van der Waals surface area contributed by atoms with Crippen LogP contribution in [0.3, 0.4) is 0 Å². The lowest BCUT2D eigenvalue weighted by Gasteiger charge is -2.18. The van der Waals surface area contributed by atoms with Crippen LogP contribution in [-0.4, -0.2) is 18.4 Å². The van der Waals surface area contributed by atoms with Crippen LogP contribution in [0.2, 0.25) is 0 Å². The number of carbonyl (C=O) groups excluding carboxylic acids is 1. The van der Waals surface area contributed by atoms with E-state index in [9.17, 15) is 9.90 Å². The first-order valence-electron chi connectivity index (χ1n) is 6.01. The largest absolute Gasteiger partial charge is 0.513 e. The summed E-state index contributed by atoms with van der Waals surface area (Å²) in [6.07, 6.45) is 0.910. The minimum absolute atomic E-state index is 0.271. The number of phenols is 1. The summed E-state index contributed by atoms with van der Waals surface area (Å²) in [4.78, 5) is 11.3. The molecule has 4 nitrogen and oxygen atoms in total. The Bertz CT molecular complexity index is 464. The third-order valence-corrected chi connectivity index (χ3v) is 3.19. The van der Waals surface area contributed by atoms with Gasteiger partial charge >= 0.3 is 6.16 Å². The number of hydrogen-bond acceptors (Lipinski definition) is 4. The molecule has 0 spiro atoms. The van der Waals surface area contributed by atoms with Gasteiger partial charge in [0, 0.05) is 5.56 Å². The number of phenolic OH excluding ortho intramolecular Hbond substituents is 1. The third-order valence-electron chi connectivity index (χ3n) is 3.19. The maximum Gasteiger partial charge on any atom is 0.513 e. The van der Waals surface area contributed by atoms with Crippen LogP contribution < -0.4 is 4.74 Å². The van der Waals surface area contributed by atoms with Crippen LogP contribution in [0, 0.1) is 20.8 Å². The van der Waals surface area contributed by atoms with Crippen molar-refractivity contribution in [2.75, 3.05) is 7.11 Å². The van der Waals surface area contributed by atoms with E-state index in [0.29, 0.717) is 5.75 Å². The molecule has 0 bridgehead atoms. The van der Waals surface area contributed by atoms with Gasteiger partial charge in [0.05, 0.1) is 7.11 Å². The summed E-state index contributed by atoms with van der Waals surface area (Å²) in [6.45, 7) is 7.49. The van der Waals surface area contributed by atoms with Crippen LogP contribution >= 0.6 is 0 Å². The fraction of sp³-hybridized carbons (Fsp3) is 0.500. The molecule has 0 saturated carbocycles. The van der Waals surface area contributed by atoms with Gasteiger partial charge < -0.3 is 14.6 Å². The lowest BCUT2D eigenvalue weighted by molar-refractivity contribution is 0.120. The summed E-state index contributed by atoms with van der Waals surface area (Å²) in [5.74, 6) is 0.782. The lowest BCUT2D eigenvalue weighted by Crippen LogP contribution is -2.11. The first-order chi connectivity index (χ1) is 8.43. The van der Waals surface area contributed by atoms with Gasteiger partial charge in [-0.2, -0.15) is 0 Å². The second-order valence-electron chi connectivity index (χ2n) is 4.34. The summed E-state index contributed by atoms with van der Waals surface area (Å²) < 4.78 is 9.75. The molecule has 0 atom stereocenters. The van der Waals surface area contributed by atoms with Crippen molar-refractivity contribution in [3.8, 4) is 11.5 Å². The molecule has 0 unspecified atom stereocenters. The van der Waals surface area contributed by atoms with Crippen molar-refractivity contribution in [2.24, 2.45) is 0 Å². The van der Waals surface area contributed by atoms with Crippen molar-refractivity contribution in [3.63, 3.8) is 0 Å². The number of carbonyl (C=O) groups is 1. The number of methoxy groups -OCH3 is 1. The normalized spacial score (nSPS) is 10.3. The Morgan fingerprint density at radius 1 is 1.17 bits per heavy atom. The van der Waals surface area contributed by atoms with Crippen LogP contribution in [0.15, 0.2) is 0 Å². The SMILES string of the molecule is CCCc1c(C)c(O)c(C)c(C)c1OC(=O)OC. The molecule has 0 radical (unpaired) electrons. The molecule has 100 valence electrons. The van der Waals surface area contributed by atoms with Crippen molar-refractivity contribution in [3.05, 3.63) is 22.3 Å². The molecule has 1 N–H and O–H groups in total. The van der Waals surface area contributed by atoms with E-state index < -0.39 is 6.16 Å². The van der Waals surface area contributed by atoms with Crippen LogP contribution in [0.1, 0.15) is 35.6 Å². The maximum atomic E-state index is 11.3. The van der Waals surface area contributed by atoms with Gasteiger partial charge in [0.2, 0.25) is 0 Å². The first kappa shape index (κ1) is 14.4. The zero-order valence-electron chi connectivity index (χ0n) is 11.6. The van der Waals surface area contributed by atoms with E-state index in [1.54, 1.807) is 6.92 Å². The molecular weight excluding hydrogens is 232 g/mol. The summed E-state index contributed by atoms with van der Waals surface area (Å²) >= 11 is 0. The number of aromatic hydroxyl groups is 1. The highest BCUT2D eigenvalue weighted by molar-refractivity contribution is 5.68. The standard InChI is InChI=1S/C14H20O4/c1-6-7-11-10(4)12(15)8(2)9(3)13(11)18-14(16)17-5/h15H,6-7H2,1-5H3. The zero-order chi connectivity index (χ0) is 13.9. The lowest BCUT2D eigenvalue weighted by atomic mass is 9.95. The van der Waals surface area contributed by atoms with Crippen molar-refractivity contribution >= 4 is 6.16 Å². The average molecular weight is 252 g/mol. The monoisotopic (exact) mass is 252 g/mol. The van der Waals surface area contributed by atoms with E-state index in [-0.39, 0.29) is 5.75 Å². The Kier molecular flexibility index (Phi) is 4.59. The van der Waals surface area contributed by atoms with Crippen molar-refractivity contribution in [1.82, 2.24) is 0 Å². The van der Waals surface area contributed by atoms with E-state index in [0.717, 1.165) is 35.1 Å². The molecule has 0 amide bonds. The molecule has 4 heteroatoms. The maximum absolute atomic E-state index is 11.3. The van der Waals surface area contributed by atoms with Crippen LogP contribution in [0.5, 0.6) is 11.5 Å².